The van der Waals surface area contributed by atoms with E-state index in [4.69, 9.17) is 4.74 Å². The van der Waals surface area contributed by atoms with Crippen LogP contribution in [0.3, 0.4) is 0 Å². The zero-order chi connectivity index (χ0) is 21.8. The third kappa shape index (κ3) is 5.27. The summed E-state index contributed by atoms with van der Waals surface area (Å²) >= 11 is 1.33. The molecule has 7 nitrogen and oxygen atoms in total. The van der Waals surface area contributed by atoms with Crippen LogP contribution in [-0.4, -0.2) is 27.9 Å². The van der Waals surface area contributed by atoms with Gasteiger partial charge in [0.05, 0.1) is 16.9 Å². The van der Waals surface area contributed by atoms with Gasteiger partial charge in [0.25, 0.3) is 0 Å². The van der Waals surface area contributed by atoms with Gasteiger partial charge in [-0.3, -0.25) is 9.69 Å². The minimum absolute atomic E-state index is 0.0257. The number of hydrogen-bond donors (Lipinski definition) is 1. The standard InChI is InChI=1S/C23H24N4O3S/c1-3-16-4-9-20(10-5-16)27(15(2)28)23-26-19(14-31-23)13-30-22(29)17-6-11-21(24-12-17)25-18-7-8-18/h4-6,9-12,14,18H,3,7-8,13H2,1-2H3,(H,24,25). The predicted molar refractivity (Wildman–Crippen MR) is 121 cm³/mol. The highest BCUT2D eigenvalue weighted by Crippen LogP contribution is 2.29. The molecule has 160 valence electrons. The monoisotopic (exact) mass is 436 g/mol. The molecular weight excluding hydrogens is 412 g/mol. The number of anilines is 3. The maximum Gasteiger partial charge on any atom is 0.340 e. The number of nitrogens with zero attached hydrogens (tertiary/aromatic N) is 3. The Balaban J connectivity index is 1.39. The fourth-order valence-electron chi connectivity index (χ4n) is 3.03. The van der Waals surface area contributed by atoms with Crippen molar-refractivity contribution in [3.05, 3.63) is 64.8 Å². The molecule has 1 saturated carbocycles. The highest BCUT2D eigenvalue weighted by atomic mass is 32.1. The summed E-state index contributed by atoms with van der Waals surface area (Å²) in [6, 6.07) is 11.8. The van der Waals surface area contributed by atoms with Crippen molar-refractivity contribution < 1.29 is 14.3 Å². The Kier molecular flexibility index (Phi) is 6.27. The number of carbonyl (C=O) groups is 2. The third-order valence-electron chi connectivity index (χ3n) is 4.93. The maximum atomic E-state index is 12.3. The summed E-state index contributed by atoms with van der Waals surface area (Å²) in [4.78, 5) is 34.9. The molecule has 4 rings (SSSR count). The van der Waals surface area contributed by atoms with Crippen molar-refractivity contribution in [1.82, 2.24) is 9.97 Å². The molecule has 3 aromatic rings. The van der Waals surface area contributed by atoms with Gasteiger partial charge < -0.3 is 10.1 Å². The SMILES string of the molecule is CCc1ccc(N(C(C)=O)c2nc(COC(=O)c3ccc(NC4CC4)nc3)cs2)cc1. The van der Waals surface area contributed by atoms with Crippen LogP contribution in [0.1, 0.15) is 48.3 Å². The van der Waals surface area contributed by atoms with Crippen LogP contribution < -0.4 is 10.2 Å². The van der Waals surface area contributed by atoms with Gasteiger partial charge in [0.15, 0.2) is 5.13 Å². The van der Waals surface area contributed by atoms with Crippen LogP contribution in [-0.2, 0) is 22.6 Å². The summed E-state index contributed by atoms with van der Waals surface area (Å²) in [6.45, 7) is 3.61. The van der Waals surface area contributed by atoms with Crippen LogP contribution in [0.2, 0.25) is 0 Å². The average molecular weight is 437 g/mol. The number of hydrogen-bond acceptors (Lipinski definition) is 7. The average Bonchev–Trinajstić information content (AvgIpc) is 3.48. The number of nitrogens with one attached hydrogen (secondary N) is 1. The Bertz CT molecular complexity index is 1060. The fraction of sp³-hybridized carbons (Fsp3) is 0.304. The van der Waals surface area contributed by atoms with Gasteiger partial charge in [-0.15, -0.1) is 11.3 Å². The van der Waals surface area contributed by atoms with E-state index >= 15 is 0 Å². The number of aryl methyl sites for hydroxylation is 1. The van der Waals surface area contributed by atoms with Gasteiger partial charge in [0, 0.05) is 24.5 Å². The molecule has 1 N–H and O–H groups in total. The Hall–Kier alpha value is -3.26. The molecule has 8 heteroatoms. The van der Waals surface area contributed by atoms with Gasteiger partial charge in [0.2, 0.25) is 5.91 Å². The highest BCUT2D eigenvalue weighted by molar-refractivity contribution is 7.14. The summed E-state index contributed by atoms with van der Waals surface area (Å²) in [5.41, 5.74) is 2.93. The number of aromatic nitrogens is 2. The second kappa shape index (κ2) is 9.26. The van der Waals surface area contributed by atoms with E-state index in [0.29, 0.717) is 22.4 Å². The summed E-state index contributed by atoms with van der Waals surface area (Å²) in [5.74, 6) is 0.172. The molecule has 0 bridgehead atoms. The van der Waals surface area contributed by atoms with E-state index in [1.807, 2.05) is 24.3 Å². The molecule has 0 spiro atoms. The molecule has 1 fully saturated rings. The minimum atomic E-state index is -0.460. The zero-order valence-corrected chi connectivity index (χ0v) is 18.3. The van der Waals surface area contributed by atoms with Crippen molar-refractivity contribution in [1.29, 1.82) is 0 Å². The van der Waals surface area contributed by atoms with Crippen molar-refractivity contribution in [2.45, 2.75) is 45.8 Å². The first-order valence-corrected chi connectivity index (χ1v) is 11.1. The fourth-order valence-corrected chi connectivity index (χ4v) is 3.90. The quantitative estimate of drug-likeness (QED) is 0.515. The predicted octanol–water partition coefficient (Wildman–Crippen LogP) is 4.72. The van der Waals surface area contributed by atoms with E-state index in [-0.39, 0.29) is 12.5 Å². The lowest BCUT2D eigenvalue weighted by molar-refractivity contribution is -0.115. The molecule has 1 aliphatic rings. The van der Waals surface area contributed by atoms with E-state index in [1.165, 1.54) is 30.0 Å². The van der Waals surface area contributed by atoms with Crippen LogP contribution in [0.4, 0.5) is 16.6 Å². The lowest BCUT2D eigenvalue weighted by Crippen LogP contribution is -2.22. The second-order valence-electron chi connectivity index (χ2n) is 7.42. The Morgan fingerprint density at radius 3 is 2.58 bits per heavy atom. The normalized spacial score (nSPS) is 13.0. The number of benzene rings is 1. The van der Waals surface area contributed by atoms with Crippen molar-refractivity contribution >= 4 is 39.9 Å². The van der Waals surface area contributed by atoms with Gasteiger partial charge >= 0.3 is 5.97 Å². The topological polar surface area (TPSA) is 84.4 Å². The highest BCUT2D eigenvalue weighted by Gasteiger charge is 2.21. The van der Waals surface area contributed by atoms with Crippen molar-refractivity contribution in [2.75, 3.05) is 10.2 Å². The number of carbonyl (C=O) groups excluding carboxylic acids is 2. The van der Waals surface area contributed by atoms with E-state index in [1.54, 1.807) is 22.4 Å². The number of amides is 1. The molecule has 0 radical (unpaired) electrons. The number of pyridine rings is 1. The molecule has 31 heavy (non-hydrogen) atoms. The van der Waals surface area contributed by atoms with Crippen molar-refractivity contribution in [3.8, 4) is 0 Å². The van der Waals surface area contributed by atoms with Crippen molar-refractivity contribution in [2.24, 2.45) is 0 Å². The molecule has 1 aromatic carbocycles. The van der Waals surface area contributed by atoms with E-state index in [9.17, 15) is 9.59 Å². The largest absolute Gasteiger partial charge is 0.456 e. The van der Waals surface area contributed by atoms with E-state index in [2.05, 4.69) is 22.2 Å². The lowest BCUT2D eigenvalue weighted by Gasteiger charge is -2.18. The molecule has 0 aliphatic heterocycles. The Morgan fingerprint density at radius 1 is 1.19 bits per heavy atom. The molecule has 1 amide bonds. The van der Waals surface area contributed by atoms with Gasteiger partial charge in [-0.05, 0) is 49.1 Å². The van der Waals surface area contributed by atoms with Crippen molar-refractivity contribution in [3.63, 3.8) is 0 Å². The van der Waals surface area contributed by atoms with Gasteiger partial charge in [-0.1, -0.05) is 19.1 Å². The first-order chi connectivity index (χ1) is 15.0. The summed E-state index contributed by atoms with van der Waals surface area (Å²) in [7, 11) is 0. The molecule has 0 saturated heterocycles. The summed E-state index contributed by atoms with van der Waals surface area (Å²) in [5, 5.41) is 5.61. The molecule has 2 heterocycles. The Morgan fingerprint density at radius 2 is 1.97 bits per heavy atom. The first-order valence-electron chi connectivity index (χ1n) is 10.3. The first kappa shape index (κ1) is 21.0. The molecular formula is C23H24N4O3S. The van der Waals surface area contributed by atoms with Crippen LogP contribution in [0, 0.1) is 0 Å². The van der Waals surface area contributed by atoms with Crippen LogP contribution in [0.5, 0.6) is 0 Å². The molecule has 1 aliphatic carbocycles. The van der Waals surface area contributed by atoms with E-state index in [0.717, 1.165) is 30.8 Å². The van der Waals surface area contributed by atoms with Crippen LogP contribution in [0.25, 0.3) is 0 Å². The summed E-state index contributed by atoms with van der Waals surface area (Å²) < 4.78 is 5.38. The number of rotatable bonds is 8. The zero-order valence-electron chi connectivity index (χ0n) is 17.5. The molecule has 0 atom stereocenters. The van der Waals surface area contributed by atoms with Gasteiger partial charge in [0.1, 0.15) is 12.4 Å². The lowest BCUT2D eigenvalue weighted by atomic mass is 10.1. The number of ether oxygens (including phenoxy) is 1. The summed E-state index contributed by atoms with van der Waals surface area (Å²) in [6.07, 6.45) is 4.76. The second-order valence-corrected chi connectivity index (χ2v) is 8.26. The maximum absolute atomic E-state index is 12.3. The van der Waals surface area contributed by atoms with Gasteiger partial charge in [-0.2, -0.15) is 0 Å². The van der Waals surface area contributed by atoms with Gasteiger partial charge in [-0.25, -0.2) is 14.8 Å². The Labute approximate surface area is 185 Å². The van der Waals surface area contributed by atoms with Crippen LogP contribution in [0.15, 0.2) is 48.0 Å². The molecule has 0 unspecified atom stereocenters. The smallest absolute Gasteiger partial charge is 0.340 e. The number of esters is 1. The van der Waals surface area contributed by atoms with Crippen LogP contribution >= 0.6 is 11.3 Å². The third-order valence-corrected chi connectivity index (χ3v) is 5.80. The minimum Gasteiger partial charge on any atom is -0.456 e. The van der Waals surface area contributed by atoms with E-state index < -0.39 is 5.97 Å². The molecule has 2 aromatic heterocycles. The number of thiazole rings is 1.